The largest absolute Gasteiger partial charge is 0.303 e. The zero-order valence-electron chi connectivity index (χ0n) is 7.79. The first-order valence-corrected chi connectivity index (χ1v) is 4.17. The van der Waals surface area contributed by atoms with Crippen LogP contribution in [0.1, 0.15) is 29.5 Å². The molecule has 1 aromatic carbocycles. The molecule has 12 heavy (non-hydrogen) atoms. The van der Waals surface area contributed by atoms with Crippen molar-refractivity contribution in [3.63, 3.8) is 0 Å². The van der Waals surface area contributed by atoms with Gasteiger partial charge in [-0.25, -0.2) is 0 Å². The number of hydrogen-bond acceptors (Lipinski definition) is 1. The van der Waals surface area contributed by atoms with Crippen molar-refractivity contribution in [1.82, 2.24) is 0 Å². The number of aldehydes is 1. The molecule has 1 rings (SSSR count). The van der Waals surface area contributed by atoms with E-state index in [9.17, 15) is 4.79 Å². The maximum absolute atomic E-state index is 10.5. The van der Waals surface area contributed by atoms with Gasteiger partial charge in [0, 0.05) is 5.92 Å². The fourth-order valence-corrected chi connectivity index (χ4v) is 1.13. The molecule has 0 aliphatic carbocycles. The fourth-order valence-electron chi connectivity index (χ4n) is 1.13. The zero-order chi connectivity index (χ0) is 9.14. The van der Waals surface area contributed by atoms with Crippen molar-refractivity contribution >= 4 is 6.29 Å². The van der Waals surface area contributed by atoms with Crippen LogP contribution >= 0.6 is 0 Å². The molecule has 1 nitrogen and oxygen atoms in total. The summed E-state index contributed by atoms with van der Waals surface area (Å²) in [7, 11) is 0. The summed E-state index contributed by atoms with van der Waals surface area (Å²) in [5.74, 6) is 0.0179. The normalized spacial score (nSPS) is 12.6. The zero-order valence-corrected chi connectivity index (χ0v) is 7.79. The molecule has 0 aromatic heterocycles. The van der Waals surface area contributed by atoms with Crippen molar-refractivity contribution in [1.29, 1.82) is 0 Å². The molecule has 0 heterocycles. The van der Waals surface area contributed by atoms with Crippen molar-refractivity contribution in [3.05, 3.63) is 34.9 Å². The third-order valence-corrected chi connectivity index (χ3v) is 2.26. The number of carbonyl (C=O) groups is 1. The predicted octanol–water partition coefficient (Wildman–Crippen LogP) is 2.61. The van der Waals surface area contributed by atoms with Gasteiger partial charge in [0.05, 0.1) is 0 Å². The van der Waals surface area contributed by atoms with Crippen LogP contribution in [0.5, 0.6) is 0 Å². The molecule has 0 aliphatic rings. The van der Waals surface area contributed by atoms with Crippen LogP contribution in [0.25, 0.3) is 0 Å². The van der Waals surface area contributed by atoms with Crippen LogP contribution in [0, 0.1) is 13.8 Å². The maximum atomic E-state index is 10.5. The van der Waals surface area contributed by atoms with Crippen LogP contribution in [0.4, 0.5) is 0 Å². The highest BCUT2D eigenvalue weighted by molar-refractivity contribution is 5.61. The third kappa shape index (κ3) is 1.73. The van der Waals surface area contributed by atoms with Gasteiger partial charge in [0.25, 0.3) is 0 Å². The van der Waals surface area contributed by atoms with Crippen molar-refractivity contribution in [2.24, 2.45) is 0 Å². The van der Waals surface area contributed by atoms with Gasteiger partial charge in [-0.05, 0) is 30.5 Å². The van der Waals surface area contributed by atoms with Gasteiger partial charge >= 0.3 is 0 Å². The van der Waals surface area contributed by atoms with Gasteiger partial charge in [-0.2, -0.15) is 0 Å². The molecule has 1 unspecified atom stereocenters. The van der Waals surface area contributed by atoms with Gasteiger partial charge in [0.1, 0.15) is 6.29 Å². The number of benzene rings is 1. The summed E-state index contributed by atoms with van der Waals surface area (Å²) >= 11 is 0. The highest BCUT2D eigenvalue weighted by atomic mass is 16.1. The lowest BCUT2D eigenvalue weighted by Crippen LogP contribution is -1.95. The van der Waals surface area contributed by atoms with Crippen LogP contribution < -0.4 is 0 Å². The minimum Gasteiger partial charge on any atom is -0.303 e. The minimum atomic E-state index is 0.0179. The Morgan fingerprint density at radius 3 is 2.42 bits per heavy atom. The quantitative estimate of drug-likeness (QED) is 0.611. The van der Waals surface area contributed by atoms with Gasteiger partial charge in [-0.3, -0.25) is 0 Å². The number of rotatable bonds is 2. The predicted molar refractivity (Wildman–Crippen MR) is 50.4 cm³/mol. The summed E-state index contributed by atoms with van der Waals surface area (Å²) in [5.41, 5.74) is 3.63. The van der Waals surface area contributed by atoms with Crippen molar-refractivity contribution in [2.45, 2.75) is 26.7 Å². The van der Waals surface area contributed by atoms with Gasteiger partial charge in [0.2, 0.25) is 0 Å². The summed E-state index contributed by atoms with van der Waals surface area (Å²) in [5, 5.41) is 0. The Labute approximate surface area is 73.4 Å². The first kappa shape index (κ1) is 8.98. The van der Waals surface area contributed by atoms with E-state index in [0.717, 1.165) is 11.8 Å². The average molecular weight is 162 g/mol. The van der Waals surface area contributed by atoms with E-state index in [1.807, 2.05) is 13.0 Å². The van der Waals surface area contributed by atoms with Crippen LogP contribution in [0.15, 0.2) is 18.2 Å². The van der Waals surface area contributed by atoms with E-state index < -0.39 is 0 Å². The number of carbonyl (C=O) groups excluding carboxylic acids is 1. The van der Waals surface area contributed by atoms with E-state index in [1.165, 1.54) is 11.1 Å². The van der Waals surface area contributed by atoms with Crippen LogP contribution in [0.3, 0.4) is 0 Å². The molecule has 0 radical (unpaired) electrons. The minimum absolute atomic E-state index is 0.0179. The van der Waals surface area contributed by atoms with Crippen LogP contribution in [-0.2, 0) is 4.79 Å². The Bertz CT molecular complexity index is 289. The summed E-state index contributed by atoms with van der Waals surface area (Å²) in [4.78, 5) is 10.5. The van der Waals surface area contributed by atoms with Gasteiger partial charge in [0.15, 0.2) is 0 Å². The highest BCUT2D eigenvalue weighted by Gasteiger charge is 2.03. The van der Waals surface area contributed by atoms with Gasteiger partial charge in [-0.15, -0.1) is 0 Å². The maximum Gasteiger partial charge on any atom is 0.127 e. The lowest BCUT2D eigenvalue weighted by atomic mass is 9.98. The van der Waals surface area contributed by atoms with Crippen LogP contribution in [-0.4, -0.2) is 6.29 Å². The third-order valence-electron chi connectivity index (χ3n) is 2.26. The second-order valence-electron chi connectivity index (χ2n) is 3.27. The van der Waals surface area contributed by atoms with E-state index in [0.29, 0.717) is 0 Å². The second-order valence-corrected chi connectivity index (χ2v) is 3.27. The molecule has 0 amide bonds. The first-order valence-electron chi connectivity index (χ1n) is 4.17. The molecule has 1 heteroatoms. The molecule has 0 bridgehead atoms. The van der Waals surface area contributed by atoms with Crippen molar-refractivity contribution in [2.75, 3.05) is 0 Å². The van der Waals surface area contributed by atoms with E-state index >= 15 is 0 Å². The standard InChI is InChI=1S/C11H14O/c1-8-4-5-11(6-9(8)2)10(3)7-12/h4-7,10H,1-3H3. The lowest BCUT2D eigenvalue weighted by molar-refractivity contribution is -0.108. The fraction of sp³-hybridized carbons (Fsp3) is 0.364. The Morgan fingerprint density at radius 2 is 1.92 bits per heavy atom. The highest BCUT2D eigenvalue weighted by Crippen LogP contribution is 2.16. The SMILES string of the molecule is Cc1ccc(C(C)C=O)cc1C. The molecule has 0 saturated heterocycles. The van der Waals surface area contributed by atoms with Gasteiger partial charge < -0.3 is 4.79 Å². The first-order chi connectivity index (χ1) is 5.65. The van der Waals surface area contributed by atoms with E-state index in [4.69, 9.17) is 0 Å². The van der Waals surface area contributed by atoms with E-state index in [-0.39, 0.29) is 5.92 Å². The molecule has 1 aromatic rings. The summed E-state index contributed by atoms with van der Waals surface area (Å²) in [6.07, 6.45) is 0.976. The average Bonchev–Trinajstić information content (AvgIpc) is 2.08. The summed E-state index contributed by atoms with van der Waals surface area (Å²) in [6.45, 7) is 6.05. The number of hydrogen-bond donors (Lipinski definition) is 0. The molecule has 0 fully saturated rings. The second kappa shape index (κ2) is 3.53. The summed E-state index contributed by atoms with van der Waals surface area (Å²) in [6, 6.07) is 6.15. The van der Waals surface area contributed by atoms with Crippen molar-refractivity contribution in [3.8, 4) is 0 Å². The Balaban J connectivity index is 3.04. The lowest BCUT2D eigenvalue weighted by Gasteiger charge is -2.06. The molecule has 64 valence electrons. The Kier molecular flexibility index (Phi) is 2.64. The monoisotopic (exact) mass is 162 g/mol. The molecular formula is C11H14O. The van der Waals surface area contributed by atoms with E-state index in [2.05, 4.69) is 26.0 Å². The van der Waals surface area contributed by atoms with Crippen molar-refractivity contribution < 1.29 is 4.79 Å². The topological polar surface area (TPSA) is 17.1 Å². The molecule has 0 spiro atoms. The van der Waals surface area contributed by atoms with Crippen LogP contribution in [0.2, 0.25) is 0 Å². The molecule has 0 saturated carbocycles. The smallest absolute Gasteiger partial charge is 0.127 e. The molecule has 0 aliphatic heterocycles. The Hall–Kier alpha value is -1.11. The molecular weight excluding hydrogens is 148 g/mol. The summed E-state index contributed by atoms with van der Waals surface area (Å²) < 4.78 is 0. The Morgan fingerprint density at radius 1 is 1.25 bits per heavy atom. The molecule has 1 atom stereocenters. The van der Waals surface area contributed by atoms with E-state index in [1.54, 1.807) is 0 Å². The van der Waals surface area contributed by atoms with Gasteiger partial charge in [-0.1, -0.05) is 25.1 Å². The molecule has 0 N–H and O–H groups in total. The number of aryl methyl sites for hydroxylation is 2.